The average molecular weight is 384 g/mol. The van der Waals surface area contributed by atoms with E-state index < -0.39 is 0 Å². The molecule has 0 radical (unpaired) electrons. The van der Waals surface area contributed by atoms with E-state index in [0.717, 1.165) is 6.54 Å². The first-order valence-corrected chi connectivity index (χ1v) is 10.9. The number of para-hydroxylation sites is 2. The van der Waals surface area contributed by atoms with Gasteiger partial charge >= 0.3 is 0 Å². The van der Waals surface area contributed by atoms with Crippen molar-refractivity contribution in [2.24, 2.45) is 0 Å². The Balaban J connectivity index is 1.40. The third-order valence-electron chi connectivity index (χ3n) is 5.34. The number of anilines is 2. The molecular weight excluding hydrogens is 350 g/mol. The van der Waals surface area contributed by atoms with Crippen molar-refractivity contribution in [3.05, 3.63) is 102 Å². The fraction of sp³-hybridized carbons (Fsp3) is 0.286. The van der Waals surface area contributed by atoms with Crippen LogP contribution in [-0.4, -0.2) is 6.54 Å². The first kappa shape index (κ1) is 20.9. The number of aryl methyl sites for hydroxylation is 1. The Morgan fingerprint density at radius 1 is 0.655 bits per heavy atom. The molecular formula is C28H33N. The van der Waals surface area contributed by atoms with Crippen molar-refractivity contribution < 1.29 is 0 Å². The van der Waals surface area contributed by atoms with Gasteiger partial charge in [-0.25, -0.2) is 0 Å². The Bertz CT molecular complexity index is 852. The molecule has 0 aliphatic carbocycles. The molecule has 0 saturated carbocycles. The highest BCUT2D eigenvalue weighted by Crippen LogP contribution is 2.28. The second-order valence-electron chi connectivity index (χ2n) is 7.64. The molecule has 3 aromatic carbocycles. The number of benzene rings is 3. The number of hydrogen-bond acceptors (Lipinski definition) is 1. The van der Waals surface area contributed by atoms with E-state index in [1.807, 2.05) is 0 Å². The van der Waals surface area contributed by atoms with Crippen LogP contribution in [0.25, 0.3) is 6.08 Å². The first-order valence-electron chi connectivity index (χ1n) is 10.9. The molecule has 29 heavy (non-hydrogen) atoms. The standard InChI is InChI=1S/C28H33N/c1-25-17-14-15-23-28(25)29(27-21-12-8-13-22-27)24-16-6-4-2-3-5-9-18-26-19-10-7-11-20-26/h7-15,17-23H,2-6,16,24H2,1H3. The van der Waals surface area contributed by atoms with Gasteiger partial charge in [-0.05, 0) is 55.5 Å². The van der Waals surface area contributed by atoms with Crippen LogP contribution in [0.15, 0.2) is 91.0 Å². The van der Waals surface area contributed by atoms with Crippen molar-refractivity contribution >= 4 is 17.5 Å². The lowest BCUT2D eigenvalue weighted by Gasteiger charge is -2.26. The summed E-state index contributed by atoms with van der Waals surface area (Å²) in [4.78, 5) is 2.47. The highest BCUT2D eigenvalue weighted by Gasteiger charge is 2.10. The number of nitrogens with zero attached hydrogens (tertiary/aromatic N) is 1. The maximum atomic E-state index is 2.47. The Kier molecular flexibility index (Phi) is 8.59. The van der Waals surface area contributed by atoms with Crippen LogP contribution in [0.5, 0.6) is 0 Å². The first-order chi connectivity index (χ1) is 14.3. The normalized spacial score (nSPS) is 11.1. The maximum Gasteiger partial charge on any atom is 0.0440 e. The van der Waals surface area contributed by atoms with Gasteiger partial charge in [0, 0.05) is 17.9 Å². The van der Waals surface area contributed by atoms with Crippen molar-refractivity contribution in [1.29, 1.82) is 0 Å². The Morgan fingerprint density at radius 3 is 2.03 bits per heavy atom. The quantitative estimate of drug-likeness (QED) is 0.302. The van der Waals surface area contributed by atoms with Gasteiger partial charge in [-0.3, -0.25) is 0 Å². The van der Waals surface area contributed by atoms with Crippen molar-refractivity contribution in [1.82, 2.24) is 0 Å². The van der Waals surface area contributed by atoms with Crippen molar-refractivity contribution in [2.75, 3.05) is 11.4 Å². The fourth-order valence-electron chi connectivity index (χ4n) is 3.71. The van der Waals surface area contributed by atoms with Crippen molar-refractivity contribution in [3.8, 4) is 0 Å². The van der Waals surface area contributed by atoms with Gasteiger partial charge in [-0.15, -0.1) is 0 Å². The Labute approximate surface area is 176 Å². The molecule has 0 aromatic heterocycles. The second-order valence-corrected chi connectivity index (χ2v) is 7.64. The third-order valence-corrected chi connectivity index (χ3v) is 5.34. The van der Waals surface area contributed by atoms with Crippen LogP contribution in [-0.2, 0) is 0 Å². The van der Waals surface area contributed by atoms with E-state index in [1.165, 1.54) is 61.0 Å². The minimum Gasteiger partial charge on any atom is -0.341 e. The summed E-state index contributed by atoms with van der Waals surface area (Å²) >= 11 is 0. The summed E-state index contributed by atoms with van der Waals surface area (Å²) in [5.41, 5.74) is 5.24. The van der Waals surface area contributed by atoms with Gasteiger partial charge in [0.1, 0.15) is 0 Å². The lowest BCUT2D eigenvalue weighted by Crippen LogP contribution is -2.19. The summed E-state index contributed by atoms with van der Waals surface area (Å²) in [6.07, 6.45) is 12.1. The molecule has 1 nitrogen and oxygen atoms in total. The zero-order valence-electron chi connectivity index (χ0n) is 17.6. The molecule has 0 N–H and O–H groups in total. The number of hydrogen-bond donors (Lipinski definition) is 0. The monoisotopic (exact) mass is 383 g/mol. The third kappa shape index (κ3) is 6.94. The summed E-state index contributed by atoms with van der Waals surface area (Å²) in [7, 11) is 0. The van der Waals surface area contributed by atoms with Gasteiger partial charge in [-0.1, -0.05) is 98.1 Å². The average Bonchev–Trinajstić information content (AvgIpc) is 2.77. The molecule has 0 spiro atoms. The molecule has 0 aliphatic heterocycles. The van der Waals surface area contributed by atoms with Gasteiger partial charge in [0.15, 0.2) is 0 Å². The Hall–Kier alpha value is -2.80. The minimum atomic E-state index is 1.07. The maximum absolute atomic E-state index is 2.47. The van der Waals surface area contributed by atoms with Crippen LogP contribution >= 0.6 is 0 Å². The van der Waals surface area contributed by atoms with Crippen molar-refractivity contribution in [2.45, 2.75) is 45.4 Å². The van der Waals surface area contributed by atoms with E-state index in [1.54, 1.807) is 0 Å². The highest BCUT2D eigenvalue weighted by molar-refractivity contribution is 5.66. The smallest absolute Gasteiger partial charge is 0.0440 e. The molecule has 0 fully saturated rings. The topological polar surface area (TPSA) is 3.24 Å². The van der Waals surface area contributed by atoms with Gasteiger partial charge in [0.2, 0.25) is 0 Å². The van der Waals surface area contributed by atoms with Crippen LogP contribution in [0, 0.1) is 6.92 Å². The van der Waals surface area contributed by atoms with Crippen LogP contribution in [0.3, 0.4) is 0 Å². The van der Waals surface area contributed by atoms with E-state index in [0.29, 0.717) is 0 Å². The van der Waals surface area contributed by atoms with E-state index >= 15 is 0 Å². The summed E-state index contributed by atoms with van der Waals surface area (Å²) in [6.45, 7) is 3.27. The van der Waals surface area contributed by atoms with Crippen molar-refractivity contribution in [3.63, 3.8) is 0 Å². The highest BCUT2D eigenvalue weighted by atomic mass is 15.1. The van der Waals surface area contributed by atoms with Gasteiger partial charge in [0.05, 0.1) is 0 Å². The summed E-state index contributed by atoms with van der Waals surface area (Å²) < 4.78 is 0. The van der Waals surface area contributed by atoms with Crippen LogP contribution in [0.1, 0.15) is 49.7 Å². The predicted octanol–water partition coefficient (Wildman–Crippen LogP) is 8.19. The van der Waals surface area contributed by atoms with Crippen LogP contribution in [0.4, 0.5) is 11.4 Å². The molecule has 3 aromatic rings. The summed E-state index contributed by atoms with van der Waals surface area (Å²) in [5.74, 6) is 0. The fourth-order valence-corrected chi connectivity index (χ4v) is 3.71. The van der Waals surface area contributed by atoms with Gasteiger partial charge in [0.25, 0.3) is 0 Å². The zero-order valence-corrected chi connectivity index (χ0v) is 17.6. The largest absolute Gasteiger partial charge is 0.341 e. The molecule has 0 unspecified atom stereocenters. The van der Waals surface area contributed by atoms with E-state index in [2.05, 4.69) is 109 Å². The molecule has 0 amide bonds. The SMILES string of the molecule is Cc1ccccc1N(CCCCCCCC=Cc1ccccc1)c1ccccc1. The summed E-state index contributed by atoms with van der Waals surface area (Å²) in [5, 5.41) is 0. The van der Waals surface area contributed by atoms with E-state index in [-0.39, 0.29) is 0 Å². The zero-order chi connectivity index (χ0) is 20.2. The van der Waals surface area contributed by atoms with Crippen LogP contribution < -0.4 is 4.90 Å². The second kappa shape index (κ2) is 11.9. The van der Waals surface area contributed by atoms with Gasteiger partial charge < -0.3 is 4.90 Å². The van der Waals surface area contributed by atoms with Crippen LogP contribution in [0.2, 0.25) is 0 Å². The molecule has 0 bridgehead atoms. The lowest BCUT2D eigenvalue weighted by molar-refractivity contribution is 0.620. The Morgan fingerprint density at radius 2 is 1.28 bits per heavy atom. The number of unbranched alkanes of at least 4 members (excludes halogenated alkanes) is 5. The predicted molar refractivity (Wildman–Crippen MR) is 128 cm³/mol. The number of allylic oxidation sites excluding steroid dienone is 1. The lowest BCUT2D eigenvalue weighted by atomic mass is 10.1. The molecule has 3 rings (SSSR count). The minimum absolute atomic E-state index is 1.07. The van der Waals surface area contributed by atoms with E-state index in [4.69, 9.17) is 0 Å². The van der Waals surface area contributed by atoms with E-state index in [9.17, 15) is 0 Å². The molecule has 150 valence electrons. The number of rotatable bonds is 11. The van der Waals surface area contributed by atoms with Gasteiger partial charge in [-0.2, -0.15) is 0 Å². The molecule has 0 aliphatic rings. The summed E-state index contributed by atoms with van der Waals surface area (Å²) in [6, 6.07) is 30.0. The molecule has 0 atom stereocenters. The molecule has 0 saturated heterocycles. The molecule has 1 heteroatoms. The molecule has 0 heterocycles.